The molecule has 0 aromatic carbocycles. The van der Waals surface area contributed by atoms with Crippen molar-refractivity contribution < 1.29 is 9.53 Å². The fourth-order valence-electron chi connectivity index (χ4n) is 0.495. The average molecular weight is 155 g/mol. The Balaban J connectivity index is 3.73. The maximum atomic E-state index is 10.2. The van der Waals surface area contributed by atoms with Crippen LogP contribution in [0.15, 0.2) is 17.9 Å². The summed E-state index contributed by atoms with van der Waals surface area (Å²) in [5, 5.41) is 2.89. The highest BCUT2D eigenvalue weighted by Gasteiger charge is 1.97. The molecular formula is C8H13NO2. The van der Waals surface area contributed by atoms with E-state index in [1.807, 2.05) is 7.05 Å². The van der Waals surface area contributed by atoms with Gasteiger partial charge < -0.3 is 10.1 Å². The van der Waals surface area contributed by atoms with Gasteiger partial charge in [-0.15, -0.1) is 0 Å². The van der Waals surface area contributed by atoms with Crippen molar-refractivity contribution in [3.63, 3.8) is 0 Å². The molecule has 0 rings (SSSR count). The summed E-state index contributed by atoms with van der Waals surface area (Å²) >= 11 is 0. The highest BCUT2D eigenvalue weighted by Crippen LogP contribution is 2.02. The summed E-state index contributed by atoms with van der Waals surface area (Å²) in [5.41, 5.74) is 0.608. The van der Waals surface area contributed by atoms with E-state index in [1.165, 1.54) is 0 Å². The standard InChI is InChI=1S/C8H13NO2/c1-7(2)8(6-10)11-5-4-9-3/h9H,1,4-5H2,2-3H3. The molecule has 1 N–H and O–H groups in total. The second-order valence-electron chi connectivity index (χ2n) is 2.16. The molecule has 0 spiro atoms. The molecule has 11 heavy (non-hydrogen) atoms. The second kappa shape index (κ2) is 5.71. The third kappa shape index (κ3) is 4.37. The molecule has 62 valence electrons. The molecule has 0 radical (unpaired) electrons. The largest absolute Gasteiger partial charge is 0.482 e. The molecule has 0 atom stereocenters. The maximum absolute atomic E-state index is 10.2. The van der Waals surface area contributed by atoms with E-state index in [0.29, 0.717) is 18.7 Å². The van der Waals surface area contributed by atoms with Gasteiger partial charge in [-0.05, 0) is 19.5 Å². The minimum Gasteiger partial charge on any atom is -0.482 e. The Morgan fingerprint density at radius 1 is 1.73 bits per heavy atom. The van der Waals surface area contributed by atoms with Crippen LogP contribution in [-0.2, 0) is 9.53 Å². The summed E-state index contributed by atoms with van der Waals surface area (Å²) in [6, 6.07) is 0. The van der Waals surface area contributed by atoms with E-state index < -0.39 is 0 Å². The fourth-order valence-corrected chi connectivity index (χ4v) is 0.495. The quantitative estimate of drug-likeness (QED) is 0.272. The summed E-state index contributed by atoms with van der Waals surface area (Å²) in [6.07, 6.45) is 0. The van der Waals surface area contributed by atoms with E-state index in [0.717, 1.165) is 0 Å². The first kappa shape index (κ1) is 9.95. The number of nitrogens with one attached hydrogen (secondary N) is 1. The number of likely N-dealkylation sites (N-methyl/N-ethyl adjacent to an activating group) is 1. The molecule has 0 fully saturated rings. The molecule has 0 bridgehead atoms. The van der Waals surface area contributed by atoms with Crippen LogP contribution in [0.25, 0.3) is 0 Å². The molecule has 0 amide bonds. The summed E-state index contributed by atoms with van der Waals surface area (Å²) in [5.74, 6) is 1.89. The topological polar surface area (TPSA) is 38.3 Å². The predicted molar refractivity (Wildman–Crippen MR) is 43.9 cm³/mol. The Hall–Kier alpha value is -1.05. The first-order valence-electron chi connectivity index (χ1n) is 3.40. The Morgan fingerprint density at radius 2 is 2.36 bits per heavy atom. The van der Waals surface area contributed by atoms with Gasteiger partial charge in [0, 0.05) is 6.54 Å². The average Bonchev–Trinajstić information content (AvgIpc) is 1.97. The van der Waals surface area contributed by atoms with Crippen LogP contribution in [-0.4, -0.2) is 26.1 Å². The van der Waals surface area contributed by atoms with Gasteiger partial charge in [-0.3, -0.25) is 0 Å². The van der Waals surface area contributed by atoms with E-state index in [1.54, 1.807) is 12.9 Å². The summed E-state index contributed by atoms with van der Waals surface area (Å²) in [4.78, 5) is 10.2. The van der Waals surface area contributed by atoms with Gasteiger partial charge in [0.05, 0.1) is 0 Å². The third-order valence-corrected chi connectivity index (χ3v) is 1.08. The van der Waals surface area contributed by atoms with Crippen LogP contribution < -0.4 is 5.32 Å². The normalized spacial score (nSPS) is 8.55. The van der Waals surface area contributed by atoms with Crippen LogP contribution in [0.5, 0.6) is 0 Å². The van der Waals surface area contributed by atoms with E-state index in [4.69, 9.17) is 4.74 Å². The summed E-state index contributed by atoms with van der Waals surface area (Å²) in [7, 11) is 1.81. The molecule has 0 aromatic heterocycles. The number of allylic oxidation sites excluding steroid dienone is 1. The zero-order valence-electron chi connectivity index (χ0n) is 6.94. The van der Waals surface area contributed by atoms with Gasteiger partial charge in [-0.25, -0.2) is 4.79 Å². The minimum absolute atomic E-state index is 0.209. The van der Waals surface area contributed by atoms with Crippen molar-refractivity contribution in [3.8, 4) is 0 Å². The van der Waals surface area contributed by atoms with Crippen molar-refractivity contribution in [2.45, 2.75) is 6.92 Å². The monoisotopic (exact) mass is 155 g/mol. The third-order valence-electron chi connectivity index (χ3n) is 1.08. The van der Waals surface area contributed by atoms with Gasteiger partial charge in [0.25, 0.3) is 0 Å². The smallest absolute Gasteiger partial charge is 0.206 e. The molecular weight excluding hydrogens is 142 g/mol. The van der Waals surface area contributed by atoms with Crippen LogP contribution in [0.2, 0.25) is 0 Å². The second-order valence-corrected chi connectivity index (χ2v) is 2.16. The summed E-state index contributed by atoms with van der Waals surface area (Å²) in [6.45, 7) is 6.44. The van der Waals surface area contributed by atoms with Crippen molar-refractivity contribution in [1.82, 2.24) is 5.32 Å². The van der Waals surface area contributed by atoms with E-state index in [2.05, 4.69) is 11.9 Å². The van der Waals surface area contributed by atoms with Crippen LogP contribution >= 0.6 is 0 Å². The summed E-state index contributed by atoms with van der Waals surface area (Å²) < 4.78 is 5.02. The Morgan fingerprint density at radius 3 is 2.73 bits per heavy atom. The molecule has 0 aliphatic carbocycles. The van der Waals surface area contributed by atoms with Crippen molar-refractivity contribution in [2.75, 3.05) is 20.2 Å². The lowest BCUT2D eigenvalue weighted by Crippen LogP contribution is -2.14. The van der Waals surface area contributed by atoms with E-state index in [-0.39, 0.29) is 5.76 Å². The SMILES string of the molecule is C=C(C)C(=C=O)OCCNC. The van der Waals surface area contributed by atoms with Gasteiger partial charge >= 0.3 is 0 Å². The molecule has 0 aromatic rings. The highest BCUT2D eigenvalue weighted by molar-refractivity contribution is 5.56. The molecule has 3 heteroatoms. The highest BCUT2D eigenvalue weighted by atomic mass is 16.5. The maximum Gasteiger partial charge on any atom is 0.206 e. The lowest BCUT2D eigenvalue weighted by molar-refractivity contribution is 0.225. The Labute approximate surface area is 66.7 Å². The number of rotatable bonds is 5. The Kier molecular flexibility index (Phi) is 5.17. The molecule has 0 aliphatic rings. The van der Waals surface area contributed by atoms with Crippen LogP contribution in [0.3, 0.4) is 0 Å². The first-order valence-corrected chi connectivity index (χ1v) is 3.40. The zero-order valence-corrected chi connectivity index (χ0v) is 6.94. The zero-order chi connectivity index (χ0) is 8.69. The molecule has 3 nitrogen and oxygen atoms in total. The minimum atomic E-state index is 0.209. The number of hydrogen-bond acceptors (Lipinski definition) is 3. The van der Waals surface area contributed by atoms with Crippen LogP contribution in [0, 0.1) is 0 Å². The van der Waals surface area contributed by atoms with Crippen molar-refractivity contribution >= 4 is 5.94 Å². The van der Waals surface area contributed by atoms with Gasteiger partial charge in [0.1, 0.15) is 6.61 Å². The molecule has 0 saturated carbocycles. The molecule has 0 heterocycles. The van der Waals surface area contributed by atoms with Gasteiger partial charge in [-0.1, -0.05) is 6.58 Å². The first-order chi connectivity index (χ1) is 5.22. The fraction of sp³-hybridized carbons (Fsp3) is 0.500. The van der Waals surface area contributed by atoms with E-state index in [9.17, 15) is 4.79 Å². The number of ether oxygens (including phenoxy) is 1. The van der Waals surface area contributed by atoms with Gasteiger partial charge in [0.2, 0.25) is 5.76 Å². The van der Waals surface area contributed by atoms with E-state index >= 15 is 0 Å². The van der Waals surface area contributed by atoms with Gasteiger partial charge in [-0.2, -0.15) is 0 Å². The number of carbonyl (C=O) groups excluding carboxylic acids is 1. The van der Waals surface area contributed by atoms with Crippen molar-refractivity contribution in [2.24, 2.45) is 0 Å². The Bertz CT molecular complexity index is 181. The predicted octanol–water partition coefficient (Wildman–Crippen LogP) is 0.514. The van der Waals surface area contributed by atoms with Crippen molar-refractivity contribution in [1.29, 1.82) is 0 Å². The molecule has 0 saturated heterocycles. The lowest BCUT2D eigenvalue weighted by Gasteiger charge is -2.04. The van der Waals surface area contributed by atoms with Crippen LogP contribution in [0.4, 0.5) is 0 Å². The van der Waals surface area contributed by atoms with Crippen LogP contribution in [0.1, 0.15) is 6.92 Å². The lowest BCUT2D eigenvalue weighted by atomic mass is 10.3. The molecule has 0 aliphatic heterocycles. The van der Waals surface area contributed by atoms with Gasteiger partial charge in [0.15, 0.2) is 5.94 Å². The molecule has 0 unspecified atom stereocenters. The van der Waals surface area contributed by atoms with Crippen molar-refractivity contribution in [3.05, 3.63) is 17.9 Å². The number of hydrogen-bond donors (Lipinski definition) is 1.